The van der Waals surface area contributed by atoms with Crippen molar-refractivity contribution in [3.8, 4) is 0 Å². The van der Waals surface area contributed by atoms with E-state index in [2.05, 4.69) is 10.2 Å². The molecule has 21 heavy (non-hydrogen) atoms. The average Bonchev–Trinajstić information content (AvgIpc) is 3.03. The van der Waals surface area contributed by atoms with Crippen molar-refractivity contribution in [2.45, 2.75) is 26.3 Å². The molecule has 116 valence electrons. The predicted molar refractivity (Wildman–Crippen MR) is 84.9 cm³/mol. The van der Waals surface area contributed by atoms with E-state index in [1.807, 2.05) is 12.1 Å². The zero-order valence-corrected chi connectivity index (χ0v) is 13.1. The van der Waals surface area contributed by atoms with E-state index in [4.69, 9.17) is 0 Å². The lowest BCUT2D eigenvalue weighted by atomic mass is 9.86. The fraction of sp³-hybridized carbons (Fsp3) is 0.600. The van der Waals surface area contributed by atoms with Crippen LogP contribution >= 0.6 is 12.4 Å². The highest BCUT2D eigenvalue weighted by atomic mass is 35.5. The summed E-state index contributed by atoms with van der Waals surface area (Å²) in [4.78, 5) is 13.1. The van der Waals surface area contributed by atoms with Gasteiger partial charge in [0, 0.05) is 31.3 Å². The first kappa shape index (κ1) is 16.2. The van der Waals surface area contributed by atoms with Crippen LogP contribution in [-0.4, -0.2) is 36.0 Å². The van der Waals surface area contributed by atoms with E-state index in [9.17, 15) is 10.1 Å². The molecule has 0 saturated carbocycles. The summed E-state index contributed by atoms with van der Waals surface area (Å²) in [6.07, 6.45) is 2.51. The van der Waals surface area contributed by atoms with Crippen LogP contribution in [0.2, 0.25) is 0 Å². The van der Waals surface area contributed by atoms with Gasteiger partial charge in [-0.1, -0.05) is 12.1 Å². The highest BCUT2D eigenvalue weighted by molar-refractivity contribution is 5.85. The van der Waals surface area contributed by atoms with Crippen LogP contribution in [0.5, 0.6) is 0 Å². The molecule has 2 aliphatic rings. The number of hydrogen-bond donors (Lipinski definition) is 1. The van der Waals surface area contributed by atoms with Gasteiger partial charge in [0.1, 0.15) is 0 Å². The molecule has 2 saturated heterocycles. The van der Waals surface area contributed by atoms with Crippen LogP contribution in [0, 0.1) is 22.5 Å². The average molecular weight is 312 g/mol. The smallest absolute Gasteiger partial charge is 0.272 e. The minimum atomic E-state index is -0.287. The molecule has 1 aromatic rings. The number of nitro benzene ring substituents is 1. The monoisotopic (exact) mass is 311 g/mol. The molecule has 2 fully saturated rings. The van der Waals surface area contributed by atoms with Crippen LogP contribution in [0.4, 0.5) is 5.69 Å². The summed E-state index contributed by atoms with van der Waals surface area (Å²) in [7, 11) is 0. The first-order valence-corrected chi connectivity index (χ1v) is 7.25. The number of aryl methyl sites for hydroxylation is 1. The van der Waals surface area contributed by atoms with E-state index in [-0.39, 0.29) is 23.0 Å². The third kappa shape index (κ3) is 3.36. The van der Waals surface area contributed by atoms with Crippen LogP contribution in [0.3, 0.4) is 0 Å². The third-order valence-corrected chi connectivity index (χ3v) is 4.73. The van der Waals surface area contributed by atoms with Gasteiger partial charge in [-0.2, -0.15) is 0 Å². The number of likely N-dealkylation sites (tertiary alicyclic amines) is 1. The number of benzene rings is 1. The summed E-state index contributed by atoms with van der Waals surface area (Å²) in [5.74, 6) is 0. The number of nitrogens with one attached hydrogen (secondary N) is 1. The van der Waals surface area contributed by atoms with Crippen molar-refractivity contribution < 1.29 is 4.92 Å². The van der Waals surface area contributed by atoms with Gasteiger partial charge in [-0.3, -0.25) is 15.0 Å². The molecule has 0 bridgehead atoms. The molecule has 0 aliphatic carbocycles. The quantitative estimate of drug-likeness (QED) is 0.688. The molecule has 0 amide bonds. The molecule has 1 N–H and O–H groups in total. The summed E-state index contributed by atoms with van der Waals surface area (Å²) in [5, 5.41) is 14.5. The standard InChI is InChI=1S/C15H21N3O2.ClH/c1-12-2-3-13(8-14(12)18(19)20)9-17-7-5-15(11-17)4-6-16-10-15;/h2-3,8,16H,4-7,9-11H2,1H3;1H. The Morgan fingerprint density at radius 3 is 2.90 bits per heavy atom. The molecule has 1 unspecified atom stereocenters. The lowest BCUT2D eigenvalue weighted by Gasteiger charge is -2.22. The minimum absolute atomic E-state index is 0. The van der Waals surface area contributed by atoms with E-state index in [1.165, 1.54) is 12.8 Å². The molecule has 3 rings (SSSR count). The fourth-order valence-corrected chi connectivity index (χ4v) is 3.51. The Kier molecular flexibility index (Phi) is 4.86. The fourth-order valence-electron chi connectivity index (χ4n) is 3.51. The summed E-state index contributed by atoms with van der Waals surface area (Å²) < 4.78 is 0. The number of nitro groups is 1. The molecule has 2 aliphatic heterocycles. The SMILES string of the molecule is Cc1ccc(CN2CCC3(CCNC3)C2)cc1[N+](=O)[O-].Cl. The van der Waals surface area contributed by atoms with E-state index >= 15 is 0 Å². The van der Waals surface area contributed by atoms with Crippen molar-refractivity contribution in [2.75, 3.05) is 26.2 Å². The van der Waals surface area contributed by atoms with Crippen LogP contribution in [-0.2, 0) is 6.54 Å². The summed E-state index contributed by atoms with van der Waals surface area (Å²) in [6.45, 7) is 7.08. The van der Waals surface area contributed by atoms with Gasteiger partial charge in [0.2, 0.25) is 0 Å². The first-order valence-electron chi connectivity index (χ1n) is 7.25. The predicted octanol–water partition coefficient (Wildman–Crippen LogP) is 2.51. The lowest BCUT2D eigenvalue weighted by Crippen LogP contribution is -2.28. The van der Waals surface area contributed by atoms with Crippen molar-refractivity contribution in [1.29, 1.82) is 0 Å². The van der Waals surface area contributed by atoms with Crippen molar-refractivity contribution >= 4 is 18.1 Å². The van der Waals surface area contributed by atoms with Crippen LogP contribution in [0.1, 0.15) is 24.0 Å². The number of halogens is 1. The molecule has 0 radical (unpaired) electrons. The Morgan fingerprint density at radius 2 is 2.24 bits per heavy atom. The zero-order chi connectivity index (χ0) is 14.2. The number of nitrogens with zero attached hydrogens (tertiary/aromatic N) is 2. The highest BCUT2D eigenvalue weighted by Gasteiger charge is 2.40. The minimum Gasteiger partial charge on any atom is -0.316 e. The Hall–Kier alpha value is -1.17. The molecule has 0 aromatic heterocycles. The number of rotatable bonds is 3. The zero-order valence-electron chi connectivity index (χ0n) is 12.3. The largest absolute Gasteiger partial charge is 0.316 e. The van der Waals surface area contributed by atoms with Crippen LogP contribution in [0.15, 0.2) is 18.2 Å². The maximum Gasteiger partial charge on any atom is 0.272 e. The second-order valence-corrected chi connectivity index (χ2v) is 6.27. The van der Waals surface area contributed by atoms with Gasteiger partial charge < -0.3 is 5.32 Å². The lowest BCUT2D eigenvalue weighted by molar-refractivity contribution is -0.385. The van der Waals surface area contributed by atoms with Gasteiger partial charge in [0.05, 0.1) is 4.92 Å². The van der Waals surface area contributed by atoms with Crippen molar-refractivity contribution in [1.82, 2.24) is 10.2 Å². The molecule has 6 heteroatoms. The van der Waals surface area contributed by atoms with E-state index in [0.717, 1.165) is 43.9 Å². The van der Waals surface area contributed by atoms with Crippen LogP contribution in [0.25, 0.3) is 0 Å². The van der Waals surface area contributed by atoms with Gasteiger partial charge in [-0.15, -0.1) is 12.4 Å². The third-order valence-electron chi connectivity index (χ3n) is 4.73. The second-order valence-electron chi connectivity index (χ2n) is 6.27. The summed E-state index contributed by atoms with van der Waals surface area (Å²) in [6, 6.07) is 5.60. The second kappa shape index (κ2) is 6.30. The maximum atomic E-state index is 11.0. The Bertz CT molecular complexity index is 530. The highest BCUT2D eigenvalue weighted by Crippen LogP contribution is 2.36. The van der Waals surface area contributed by atoms with Gasteiger partial charge in [-0.05, 0) is 43.8 Å². The van der Waals surface area contributed by atoms with Gasteiger partial charge in [0.15, 0.2) is 0 Å². The van der Waals surface area contributed by atoms with Crippen molar-refractivity contribution in [2.24, 2.45) is 5.41 Å². The van der Waals surface area contributed by atoms with Gasteiger partial charge in [-0.25, -0.2) is 0 Å². The van der Waals surface area contributed by atoms with E-state index in [1.54, 1.807) is 13.0 Å². The van der Waals surface area contributed by atoms with Gasteiger partial charge in [0.25, 0.3) is 5.69 Å². The molecular weight excluding hydrogens is 290 g/mol. The van der Waals surface area contributed by atoms with E-state index < -0.39 is 0 Å². The first-order chi connectivity index (χ1) is 9.58. The molecule has 1 spiro atoms. The Labute approximate surface area is 131 Å². The van der Waals surface area contributed by atoms with Crippen molar-refractivity contribution in [3.05, 3.63) is 39.4 Å². The summed E-state index contributed by atoms with van der Waals surface area (Å²) >= 11 is 0. The molecule has 1 aromatic carbocycles. The molecular formula is C15H22ClN3O2. The maximum absolute atomic E-state index is 11.0. The molecule has 2 heterocycles. The number of hydrogen-bond acceptors (Lipinski definition) is 4. The normalized spacial score (nSPS) is 25.2. The topological polar surface area (TPSA) is 58.4 Å². The Morgan fingerprint density at radius 1 is 1.43 bits per heavy atom. The van der Waals surface area contributed by atoms with Gasteiger partial charge >= 0.3 is 0 Å². The van der Waals surface area contributed by atoms with Crippen molar-refractivity contribution in [3.63, 3.8) is 0 Å². The van der Waals surface area contributed by atoms with E-state index in [0.29, 0.717) is 5.41 Å². The molecule has 5 nitrogen and oxygen atoms in total. The Balaban J connectivity index is 0.00000161. The van der Waals surface area contributed by atoms with Crippen LogP contribution < -0.4 is 5.32 Å². The molecule has 1 atom stereocenters. The summed E-state index contributed by atoms with van der Waals surface area (Å²) in [5.41, 5.74) is 2.47.